The van der Waals surface area contributed by atoms with Crippen molar-refractivity contribution in [1.29, 1.82) is 0 Å². The number of carbonyl (C=O) groups is 2. The average molecular weight is 302 g/mol. The first-order valence-corrected chi connectivity index (χ1v) is 7.48. The number of fused-ring (bicyclic) bond motifs is 1. The summed E-state index contributed by atoms with van der Waals surface area (Å²) >= 11 is 1.25. The third kappa shape index (κ3) is 2.31. The highest BCUT2D eigenvalue weighted by Gasteiger charge is 2.33. The van der Waals surface area contributed by atoms with E-state index in [2.05, 4.69) is 4.37 Å². The minimum absolute atomic E-state index is 0.113. The number of benzene rings is 1. The number of para-hydroxylation sites is 1. The van der Waals surface area contributed by atoms with Gasteiger partial charge in [-0.2, -0.15) is 4.37 Å². The largest absolute Gasteiger partial charge is 0.481 e. The smallest absolute Gasteiger partial charge is 0.311 e. The topological polar surface area (TPSA) is 70.5 Å². The number of hydrogen-bond acceptors (Lipinski definition) is 4. The van der Waals surface area contributed by atoms with Crippen molar-refractivity contribution in [2.75, 3.05) is 11.4 Å². The number of hydrogen-bond donors (Lipinski definition) is 1. The lowest BCUT2D eigenvalue weighted by atomic mass is 9.89. The van der Waals surface area contributed by atoms with Crippen LogP contribution in [0.15, 0.2) is 29.6 Å². The molecule has 6 heteroatoms. The van der Waals surface area contributed by atoms with Crippen LogP contribution in [0.1, 0.15) is 34.0 Å². The molecule has 0 spiro atoms. The molecule has 1 N–H and O–H groups in total. The van der Waals surface area contributed by atoms with Crippen molar-refractivity contribution >= 4 is 29.1 Å². The van der Waals surface area contributed by atoms with E-state index >= 15 is 0 Å². The summed E-state index contributed by atoms with van der Waals surface area (Å²) in [7, 11) is 0. The molecule has 0 saturated carbocycles. The second-order valence-electron chi connectivity index (χ2n) is 5.01. The number of carbonyl (C=O) groups excluding carboxylic acids is 1. The van der Waals surface area contributed by atoms with Gasteiger partial charge in [0.15, 0.2) is 0 Å². The molecular weight excluding hydrogens is 288 g/mol. The molecule has 0 aliphatic carbocycles. The van der Waals surface area contributed by atoms with Crippen LogP contribution in [0.4, 0.5) is 5.69 Å². The second-order valence-corrected chi connectivity index (χ2v) is 5.64. The zero-order valence-corrected chi connectivity index (χ0v) is 12.3. The fourth-order valence-corrected chi connectivity index (χ4v) is 3.36. The van der Waals surface area contributed by atoms with Crippen LogP contribution >= 0.6 is 11.5 Å². The summed E-state index contributed by atoms with van der Waals surface area (Å²) in [5.41, 5.74) is 2.68. The van der Waals surface area contributed by atoms with Gasteiger partial charge >= 0.3 is 5.97 Å². The van der Waals surface area contributed by atoms with E-state index in [0.29, 0.717) is 35.5 Å². The molecule has 2 aromatic rings. The highest BCUT2D eigenvalue weighted by Crippen LogP contribution is 2.36. The maximum absolute atomic E-state index is 12.7. The van der Waals surface area contributed by atoms with E-state index in [0.717, 1.165) is 0 Å². The van der Waals surface area contributed by atoms with Crippen LogP contribution in [-0.4, -0.2) is 27.9 Å². The van der Waals surface area contributed by atoms with Gasteiger partial charge in [-0.1, -0.05) is 18.2 Å². The summed E-state index contributed by atoms with van der Waals surface area (Å²) < 4.78 is 4.13. The first kappa shape index (κ1) is 13.8. The number of nitrogens with zero attached hydrogens (tertiary/aromatic N) is 2. The molecule has 5 nitrogen and oxygen atoms in total. The molecule has 3 rings (SSSR count). The van der Waals surface area contributed by atoms with Crippen LogP contribution in [0.2, 0.25) is 0 Å². The van der Waals surface area contributed by atoms with Gasteiger partial charge in [-0.15, -0.1) is 0 Å². The summed E-state index contributed by atoms with van der Waals surface area (Å²) in [6.07, 6.45) is 0.425. The Bertz CT molecular complexity index is 710. The van der Waals surface area contributed by atoms with Gasteiger partial charge in [0.1, 0.15) is 0 Å². The molecule has 1 amide bonds. The predicted molar refractivity (Wildman–Crippen MR) is 80.0 cm³/mol. The van der Waals surface area contributed by atoms with E-state index in [-0.39, 0.29) is 5.91 Å². The maximum Gasteiger partial charge on any atom is 0.311 e. The van der Waals surface area contributed by atoms with Crippen molar-refractivity contribution < 1.29 is 14.7 Å². The van der Waals surface area contributed by atoms with Gasteiger partial charge in [-0.05, 0) is 36.5 Å². The fraction of sp³-hybridized carbons (Fsp3) is 0.267. The highest BCUT2D eigenvalue weighted by atomic mass is 32.1. The number of aliphatic carboxylic acids is 1. The summed E-state index contributed by atoms with van der Waals surface area (Å²) in [4.78, 5) is 25.7. The molecule has 1 unspecified atom stereocenters. The quantitative estimate of drug-likeness (QED) is 0.926. The Labute approximate surface area is 126 Å². The Kier molecular flexibility index (Phi) is 3.47. The van der Waals surface area contributed by atoms with Crippen molar-refractivity contribution in [2.24, 2.45) is 0 Å². The van der Waals surface area contributed by atoms with Gasteiger partial charge in [-0.25, -0.2) is 0 Å². The van der Waals surface area contributed by atoms with Gasteiger partial charge in [0, 0.05) is 17.6 Å². The second kappa shape index (κ2) is 5.29. The summed E-state index contributed by atoms with van der Waals surface area (Å²) in [5.74, 6) is -1.51. The number of aromatic nitrogens is 1. The molecule has 0 bridgehead atoms. The van der Waals surface area contributed by atoms with Crippen molar-refractivity contribution in [3.8, 4) is 0 Å². The van der Waals surface area contributed by atoms with Crippen LogP contribution in [-0.2, 0) is 4.79 Å². The summed E-state index contributed by atoms with van der Waals surface area (Å²) in [6, 6.07) is 7.21. The number of carboxylic acid groups (broad SMARTS) is 1. The van der Waals surface area contributed by atoms with E-state index in [1.807, 2.05) is 6.07 Å². The standard InChI is InChI=1S/C15H14N2O3S/c1-9-12(8-21-16-9)14(18)17-7-6-11(15(19)20)10-4-2-3-5-13(10)17/h2-5,8,11H,6-7H2,1H3,(H,19,20). The van der Waals surface area contributed by atoms with Gasteiger partial charge in [-0.3, -0.25) is 9.59 Å². The molecule has 0 saturated heterocycles. The first-order valence-electron chi connectivity index (χ1n) is 6.64. The Morgan fingerprint density at radius 1 is 1.38 bits per heavy atom. The van der Waals surface area contributed by atoms with Crippen molar-refractivity contribution in [1.82, 2.24) is 4.37 Å². The Hall–Kier alpha value is -2.21. The normalized spacial score (nSPS) is 17.4. The SMILES string of the molecule is Cc1nscc1C(=O)N1CCC(C(=O)O)c2ccccc21. The zero-order chi connectivity index (χ0) is 15.0. The number of aryl methyl sites for hydroxylation is 1. The summed E-state index contributed by atoms with van der Waals surface area (Å²) in [6.45, 7) is 2.21. The van der Waals surface area contributed by atoms with Crippen molar-refractivity contribution in [2.45, 2.75) is 19.3 Å². The molecule has 108 valence electrons. The van der Waals surface area contributed by atoms with Gasteiger partial charge in [0.05, 0.1) is 17.2 Å². The van der Waals surface area contributed by atoms with E-state index < -0.39 is 11.9 Å². The molecule has 2 heterocycles. The summed E-state index contributed by atoms with van der Waals surface area (Å²) in [5, 5.41) is 11.1. The first-order chi connectivity index (χ1) is 10.1. The predicted octanol–water partition coefficient (Wildman–Crippen LogP) is 2.67. The molecule has 0 radical (unpaired) electrons. The molecule has 1 atom stereocenters. The van der Waals surface area contributed by atoms with Crippen LogP contribution < -0.4 is 4.90 Å². The number of carboxylic acids is 1. The third-order valence-electron chi connectivity index (χ3n) is 3.77. The fourth-order valence-electron chi connectivity index (χ4n) is 2.67. The minimum Gasteiger partial charge on any atom is -0.481 e. The molecule has 1 aromatic heterocycles. The number of amides is 1. The lowest BCUT2D eigenvalue weighted by molar-refractivity contribution is -0.139. The van der Waals surface area contributed by atoms with E-state index in [1.165, 1.54) is 11.5 Å². The van der Waals surface area contributed by atoms with Crippen LogP contribution in [0.25, 0.3) is 0 Å². The van der Waals surface area contributed by atoms with E-state index in [1.54, 1.807) is 35.4 Å². The molecule has 21 heavy (non-hydrogen) atoms. The van der Waals surface area contributed by atoms with Crippen LogP contribution in [0.5, 0.6) is 0 Å². The Balaban J connectivity index is 2.02. The van der Waals surface area contributed by atoms with Gasteiger partial charge in [0.2, 0.25) is 0 Å². The number of rotatable bonds is 2. The highest BCUT2D eigenvalue weighted by molar-refractivity contribution is 7.04. The zero-order valence-electron chi connectivity index (χ0n) is 11.4. The molecule has 1 aromatic carbocycles. The van der Waals surface area contributed by atoms with Gasteiger partial charge in [0.25, 0.3) is 5.91 Å². The minimum atomic E-state index is -0.845. The monoisotopic (exact) mass is 302 g/mol. The molecule has 1 aliphatic rings. The Morgan fingerprint density at radius 3 is 2.81 bits per heavy atom. The molecular formula is C15H14N2O3S. The van der Waals surface area contributed by atoms with Gasteiger partial charge < -0.3 is 10.0 Å². The lowest BCUT2D eigenvalue weighted by Crippen LogP contribution is -2.38. The molecule has 0 fully saturated rings. The van der Waals surface area contributed by atoms with Crippen molar-refractivity contribution in [3.63, 3.8) is 0 Å². The third-order valence-corrected chi connectivity index (χ3v) is 4.49. The number of anilines is 1. The van der Waals surface area contributed by atoms with E-state index in [9.17, 15) is 14.7 Å². The van der Waals surface area contributed by atoms with E-state index in [4.69, 9.17) is 0 Å². The average Bonchev–Trinajstić information content (AvgIpc) is 2.91. The Morgan fingerprint density at radius 2 is 2.14 bits per heavy atom. The lowest BCUT2D eigenvalue weighted by Gasteiger charge is -2.32. The van der Waals surface area contributed by atoms with Crippen molar-refractivity contribution in [3.05, 3.63) is 46.5 Å². The van der Waals surface area contributed by atoms with Crippen LogP contribution in [0, 0.1) is 6.92 Å². The maximum atomic E-state index is 12.7. The molecule has 1 aliphatic heterocycles. The van der Waals surface area contributed by atoms with Crippen LogP contribution in [0.3, 0.4) is 0 Å².